The summed E-state index contributed by atoms with van der Waals surface area (Å²) in [6.45, 7) is 4.83. The maximum Gasteiger partial charge on any atom is 0.325 e. The van der Waals surface area contributed by atoms with Crippen molar-refractivity contribution in [2.24, 2.45) is 0 Å². The highest BCUT2D eigenvalue weighted by atomic mass is 16.5. The molecule has 0 radical (unpaired) electrons. The summed E-state index contributed by atoms with van der Waals surface area (Å²) in [4.78, 5) is 38.9. The Labute approximate surface area is 181 Å². The van der Waals surface area contributed by atoms with Crippen LogP contribution in [0.4, 0.5) is 10.5 Å². The Morgan fingerprint density at radius 1 is 1.16 bits per heavy atom. The summed E-state index contributed by atoms with van der Waals surface area (Å²) in [5.74, 6) is 1.17. The first kappa shape index (κ1) is 20.9. The number of anilines is 1. The number of amides is 3. The number of hydrogen-bond acceptors (Lipinski definition) is 6. The molecule has 31 heavy (non-hydrogen) atoms. The molecular formula is C22H27N5O4. The lowest BCUT2D eigenvalue weighted by molar-refractivity contribution is -0.134. The molecule has 3 heterocycles. The molecule has 1 unspecified atom stereocenters. The lowest BCUT2D eigenvalue weighted by Crippen LogP contribution is -2.48. The smallest absolute Gasteiger partial charge is 0.325 e. The first-order valence-electron chi connectivity index (χ1n) is 10.6. The van der Waals surface area contributed by atoms with E-state index in [0.29, 0.717) is 38.7 Å². The van der Waals surface area contributed by atoms with Crippen molar-refractivity contribution >= 4 is 17.6 Å². The molecule has 164 valence electrons. The van der Waals surface area contributed by atoms with Crippen LogP contribution in [0.15, 0.2) is 42.9 Å². The molecule has 2 fully saturated rings. The molecule has 1 aromatic carbocycles. The lowest BCUT2D eigenvalue weighted by Gasteiger charge is -2.33. The summed E-state index contributed by atoms with van der Waals surface area (Å²) in [7, 11) is 0. The van der Waals surface area contributed by atoms with Gasteiger partial charge in [0.1, 0.15) is 18.4 Å². The second-order valence-electron chi connectivity index (χ2n) is 7.55. The third-order valence-corrected chi connectivity index (χ3v) is 5.44. The Balaban J connectivity index is 1.31. The standard InChI is InChI=1S/C22H27N5O4/c1-2-30-18-7-5-17(6-8-18)27-13-12-26(22(27)29)16-21(28)25-11-3-4-19(15-25)31-20-14-23-9-10-24-20/h5-10,14,19H,2-4,11-13,15-16H2,1H3. The fraction of sp³-hybridized carbons (Fsp3) is 0.455. The van der Waals surface area contributed by atoms with Crippen molar-refractivity contribution in [3.63, 3.8) is 0 Å². The average Bonchev–Trinajstić information content (AvgIpc) is 3.15. The molecule has 0 bridgehead atoms. The number of rotatable bonds is 7. The number of likely N-dealkylation sites (tertiary alicyclic amines) is 1. The van der Waals surface area contributed by atoms with Gasteiger partial charge in [-0.05, 0) is 44.0 Å². The number of nitrogens with zero attached hydrogens (tertiary/aromatic N) is 5. The second-order valence-corrected chi connectivity index (χ2v) is 7.55. The zero-order valence-corrected chi connectivity index (χ0v) is 17.6. The van der Waals surface area contributed by atoms with Gasteiger partial charge < -0.3 is 19.3 Å². The van der Waals surface area contributed by atoms with Crippen LogP contribution in [0.2, 0.25) is 0 Å². The van der Waals surface area contributed by atoms with Crippen molar-refractivity contribution in [1.29, 1.82) is 0 Å². The maximum absolute atomic E-state index is 12.9. The first-order chi connectivity index (χ1) is 15.1. The fourth-order valence-electron chi connectivity index (χ4n) is 3.90. The minimum absolute atomic E-state index is 0.0608. The van der Waals surface area contributed by atoms with Gasteiger partial charge in [-0.1, -0.05) is 0 Å². The molecule has 1 atom stereocenters. The van der Waals surface area contributed by atoms with E-state index in [2.05, 4.69) is 9.97 Å². The monoisotopic (exact) mass is 425 g/mol. The van der Waals surface area contributed by atoms with Gasteiger partial charge in [-0.25, -0.2) is 9.78 Å². The minimum Gasteiger partial charge on any atom is -0.494 e. The Bertz CT molecular complexity index is 893. The van der Waals surface area contributed by atoms with E-state index in [4.69, 9.17) is 9.47 Å². The number of piperidine rings is 1. The van der Waals surface area contributed by atoms with Crippen LogP contribution < -0.4 is 14.4 Å². The largest absolute Gasteiger partial charge is 0.494 e. The summed E-state index contributed by atoms with van der Waals surface area (Å²) in [6, 6.07) is 7.29. The van der Waals surface area contributed by atoms with E-state index in [-0.39, 0.29) is 24.6 Å². The molecule has 2 aliphatic rings. The Morgan fingerprint density at radius 3 is 2.74 bits per heavy atom. The molecule has 1 aromatic heterocycles. The topological polar surface area (TPSA) is 88.1 Å². The van der Waals surface area contributed by atoms with Crippen LogP contribution in [0.5, 0.6) is 11.6 Å². The second kappa shape index (κ2) is 9.63. The number of ether oxygens (including phenoxy) is 2. The van der Waals surface area contributed by atoms with E-state index in [1.54, 1.807) is 33.3 Å². The quantitative estimate of drug-likeness (QED) is 0.676. The highest BCUT2D eigenvalue weighted by Gasteiger charge is 2.33. The van der Waals surface area contributed by atoms with Crippen molar-refractivity contribution in [3.8, 4) is 11.6 Å². The van der Waals surface area contributed by atoms with Crippen LogP contribution in [0, 0.1) is 0 Å². The van der Waals surface area contributed by atoms with Gasteiger partial charge in [0.25, 0.3) is 0 Å². The van der Waals surface area contributed by atoms with E-state index in [9.17, 15) is 9.59 Å². The van der Waals surface area contributed by atoms with Gasteiger partial charge in [0.15, 0.2) is 0 Å². The lowest BCUT2D eigenvalue weighted by atomic mass is 10.1. The summed E-state index contributed by atoms with van der Waals surface area (Å²) in [5.41, 5.74) is 0.804. The van der Waals surface area contributed by atoms with Gasteiger partial charge in [0, 0.05) is 37.7 Å². The average molecular weight is 425 g/mol. The highest BCUT2D eigenvalue weighted by molar-refractivity contribution is 5.96. The third kappa shape index (κ3) is 5.04. The van der Waals surface area contributed by atoms with Crippen LogP contribution in [0.25, 0.3) is 0 Å². The number of hydrogen-bond donors (Lipinski definition) is 0. The molecule has 9 nitrogen and oxygen atoms in total. The van der Waals surface area contributed by atoms with Crippen molar-refractivity contribution in [3.05, 3.63) is 42.9 Å². The predicted octanol–water partition coefficient (Wildman–Crippen LogP) is 2.19. The molecular weight excluding hydrogens is 398 g/mol. The summed E-state index contributed by atoms with van der Waals surface area (Å²) in [5, 5.41) is 0. The van der Waals surface area contributed by atoms with Crippen LogP contribution >= 0.6 is 0 Å². The molecule has 2 saturated heterocycles. The SMILES string of the molecule is CCOc1ccc(N2CCN(CC(=O)N3CCCC(Oc4cnccn4)C3)C2=O)cc1. The van der Waals surface area contributed by atoms with E-state index >= 15 is 0 Å². The summed E-state index contributed by atoms with van der Waals surface area (Å²) < 4.78 is 11.3. The van der Waals surface area contributed by atoms with Gasteiger partial charge >= 0.3 is 6.03 Å². The van der Waals surface area contributed by atoms with Crippen molar-refractivity contribution < 1.29 is 19.1 Å². The zero-order chi connectivity index (χ0) is 21.6. The van der Waals surface area contributed by atoms with Gasteiger partial charge in [0.2, 0.25) is 11.8 Å². The third-order valence-electron chi connectivity index (χ3n) is 5.44. The minimum atomic E-state index is -0.151. The van der Waals surface area contributed by atoms with Crippen molar-refractivity contribution in [1.82, 2.24) is 19.8 Å². The predicted molar refractivity (Wildman–Crippen MR) is 114 cm³/mol. The number of carbonyl (C=O) groups is 2. The van der Waals surface area contributed by atoms with Crippen LogP contribution in [-0.2, 0) is 4.79 Å². The van der Waals surface area contributed by atoms with E-state index in [1.807, 2.05) is 31.2 Å². The van der Waals surface area contributed by atoms with Crippen LogP contribution in [0.1, 0.15) is 19.8 Å². The number of benzene rings is 1. The Hall–Kier alpha value is -3.36. The molecule has 0 N–H and O–H groups in total. The number of aromatic nitrogens is 2. The van der Waals surface area contributed by atoms with Gasteiger partial charge in [-0.3, -0.25) is 14.7 Å². The van der Waals surface area contributed by atoms with Crippen molar-refractivity contribution in [2.75, 3.05) is 44.2 Å². The van der Waals surface area contributed by atoms with E-state index < -0.39 is 0 Å². The van der Waals surface area contributed by atoms with E-state index in [0.717, 1.165) is 24.3 Å². The van der Waals surface area contributed by atoms with Gasteiger partial charge in [-0.15, -0.1) is 0 Å². The number of carbonyl (C=O) groups excluding carboxylic acids is 2. The summed E-state index contributed by atoms with van der Waals surface area (Å²) in [6.07, 6.45) is 6.32. The van der Waals surface area contributed by atoms with Crippen molar-refractivity contribution in [2.45, 2.75) is 25.9 Å². The van der Waals surface area contributed by atoms with Crippen LogP contribution in [0.3, 0.4) is 0 Å². The first-order valence-corrected chi connectivity index (χ1v) is 10.6. The normalized spacial score (nSPS) is 18.9. The van der Waals surface area contributed by atoms with Gasteiger partial charge in [0.05, 0.1) is 19.3 Å². The zero-order valence-electron chi connectivity index (χ0n) is 17.6. The molecule has 2 aliphatic heterocycles. The summed E-state index contributed by atoms with van der Waals surface area (Å²) >= 11 is 0. The number of urea groups is 1. The molecule has 3 amide bonds. The molecule has 9 heteroatoms. The molecule has 0 saturated carbocycles. The molecule has 2 aromatic rings. The highest BCUT2D eigenvalue weighted by Crippen LogP contribution is 2.24. The van der Waals surface area contributed by atoms with Crippen LogP contribution in [-0.4, -0.2) is 77.1 Å². The van der Waals surface area contributed by atoms with Gasteiger partial charge in [-0.2, -0.15) is 0 Å². The fourth-order valence-corrected chi connectivity index (χ4v) is 3.90. The maximum atomic E-state index is 12.9. The van der Waals surface area contributed by atoms with E-state index in [1.165, 1.54) is 0 Å². The molecule has 0 aliphatic carbocycles. The molecule has 4 rings (SSSR count). The Kier molecular flexibility index (Phi) is 6.49. The Morgan fingerprint density at radius 2 is 2.00 bits per heavy atom. The molecule has 0 spiro atoms.